The van der Waals surface area contributed by atoms with E-state index in [4.69, 9.17) is 4.74 Å². The maximum Gasteiger partial charge on any atom is 0.202 e. The SMILES string of the molecule is COc1c(O)cc(CCC(=O)CCCCc2ccccc2)cc1O. The van der Waals surface area contributed by atoms with Crippen molar-refractivity contribution in [1.29, 1.82) is 0 Å². The molecule has 0 aliphatic carbocycles. The van der Waals surface area contributed by atoms with Crippen molar-refractivity contribution in [3.8, 4) is 17.2 Å². The molecule has 2 rings (SSSR count). The summed E-state index contributed by atoms with van der Waals surface area (Å²) < 4.78 is 4.89. The Morgan fingerprint density at radius 3 is 2.21 bits per heavy atom. The third-order valence-corrected chi connectivity index (χ3v) is 4.02. The van der Waals surface area contributed by atoms with Crippen LogP contribution in [0.15, 0.2) is 42.5 Å². The van der Waals surface area contributed by atoms with Crippen LogP contribution in [0.4, 0.5) is 0 Å². The van der Waals surface area contributed by atoms with Gasteiger partial charge in [-0.2, -0.15) is 0 Å². The van der Waals surface area contributed by atoms with Crippen LogP contribution in [0.2, 0.25) is 0 Å². The van der Waals surface area contributed by atoms with Crippen molar-refractivity contribution in [2.75, 3.05) is 7.11 Å². The number of unbranched alkanes of at least 4 members (excludes halogenated alkanes) is 1. The second-order valence-electron chi connectivity index (χ2n) is 5.90. The van der Waals surface area contributed by atoms with Crippen molar-refractivity contribution >= 4 is 5.78 Å². The van der Waals surface area contributed by atoms with Gasteiger partial charge < -0.3 is 14.9 Å². The standard InChI is InChI=1S/C20H24O4/c1-24-20-18(22)13-16(14-19(20)23)11-12-17(21)10-6-5-9-15-7-3-2-4-8-15/h2-4,7-8,13-14,22-23H,5-6,9-12H2,1H3. The summed E-state index contributed by atoms with van der Waals surface area (Å²) in [4.78, 5) is 12.0. The molecule has 2 aromatic carbocycles. The highest BCUT2D eigenvalue weighted by molar-refractivity contribution is 5.78. The van der Waals surface area contributed by atoms with Crippen LogP contribution in [0.3, 0.4) is 0 Å². The van der Waals surface area contributed by atoms with Gasteiger partial charge in [0.2, 0.25) is 5.75 Å². The maximum absolute atomic E-state index is 12.0. The molecule has 4 heteroatoms. The minimum atomic E-state index is -0.109. The minimum Gasteiger partial charge on any atom is -0.504 e. The van der Waals surface area contributed by atoms with Crippen LogP contribution < -0.4 is 4.74 Å². The first kappa shape index (κ1) is 17.9. The molecule has 0 aliphatic rings. The molecule has 24 heavy (non-hydrogen) atoms. The summed E-state index contributed by atoms with van der Waals surface area (Å²) in [6.07, 6.45) is 4.36. The zero-order valence-electron chi connectivity index (χ0n) is 14.0. The lowest BCUT2D eigenvalue weighted by Crippen LogP contribution is -2.01. The van der Waals surface area contributed by atoms with Crippen molar-refractivity contribution in [2.24, 2.45) is 0 Å². The van der Waals surface area contributed by atoms with E-state index in [1.165, 1.54) is 24.8 Å². The topological polar surface area (TPSA) is 66.8 Å². The summed E-state index contributed by atoms with van der Waals surface area (Å²) in [6.45, 7) is 0. The summed E-state index contributed by atoms with van der Waals surface area (Å²) in [5.41, 5.74) is 2.03. The van der Waals surface area contributed by atoms with Gasteiger partial charge in [0.05, 0.1) is 7.11 Å². The number of rotatable bonds is 9. The Hall–Kier alpha value is -2.49. The summed E-state index contributed by atoms with van der Waals surface area (Å²) >= 11 is 0. The first-order valence-electron chi connectivity index (χ1n) is 8.24. The second kappa shape index (κ2) is 8.96. The smallest absolute Gasteiger partial charge is 0.202 e. The maximum atomic E-state index is 12.0. The van der Waals surface area contributed by atoms with Gasteiger partial charge in [-0.15, -0.1) is 0 Å². The molecule has 0 heterocycles. The number of benzene rings is 2. The van der Waals surface area contributed by atoms with E-state index < -0.39 is 0 Å². The Morgan fingerprint density at radius 1 is 0.917 bits per heavy atom. The van der Waals surface area contributed by atoms with Crippen LogP contribution in [-0.4, -0.2) is 23.1 Å². The van der Waals surface area contributed by atoms with E-state index in [0.717, 1.165) is 24.8 Å². The van der Waals surface area contributed by atoms with Crippen LogP contribution in [0.25, 0.3) is 0 Å². The molecule has 0 bridgehead atoms. The summed E-state index contributed by atoms with van der Waals surface area (Å²) in [5.74, 6) is 0.0504. The number of hydrogen-bond donors (Lipinski definition) is 2. The Labute approximate surface area is 142 Å². The fourth-order valence-electron chi connectivity index (χ4n) is 2.71. The van der Waals surface area contributed by atoms with Gasteiger partial charge in [0, 0.05) is 12.8 Å². The molecule has 0 aliphatic heterocycles. The van der Waals surface area contributed by atoms with Crippen molar-refractivity contribution in [3.63, 3.8) is 0 Å². The lowest BCUT2D eigenvalue weighted by atomic mass is 10.0. The van der Waals surface area contributed by atoms with Gasteiger partial charge in [0.25, 0.3) is 0 Å². The average Bonchev–Trinajstić information content (AvgIpc) is 2.57. The van der Waals surface area contributed by atoms with Crippen LogP contribution in [-0.2, 0) is 17.6 Å². The summed E-state index contributed by atoms with van der Waals surface area (Å²) in [5, 5.41) is 19.5. The molecule has 4 nitrogen and oxygen atoms in total. The fourth-order valence-corrected chi connectivity index (χ4v) is 2.71. The monoisotopic (exact) mass is 328 g/mol. The molecule has 0 amide bonds. The molecule has 2 aromatic rings. The average molecular weight is 328 g/mol. The third-order valence-electron chi connectivity index (χ3n) is 4.02. The summed E-state index contributed by atoms with van der Waals surface area (Å²) in [6, 6.07) is 13.3. The van der Waals surface area contributed by atoms with Crippen molar-refractivity contribution in [3.05, 3.63) is 53.6 Å². The number of hydrogen-bond acceptors (Lipinski definition) is 4. The molecular formula is C20H24O4. The molecular weight excluding hydrogens is 304 g/mol. The van der Waals surface area contributed by atoms with Gasteiger partial charge in [-0.3, -0.25) is 4.79 Å². The van der Waals surface area contributed by atoms with Crippen LogP contribution in [0.1, 0.15) is 36.8 Å². The van der Waals surface area contributed by atoms with E-state index >= 15 is 0 Å². The summed E-state index contributed by atoms with van der Waals surface area (Å²) in [7, 11) is 1.38. The molecule has 0 saturated carbocycles. The highest BCUT2D eigenvalue weighted by atomic mass is 16.5. The predicted octanol–water partition coefficient (Wildman–Crippen LogP) is 4.02. The lowest BCUT2D eigenvalue weighted by molar-refractivity contribution is -0.119. The molecule has 128 valence electrons. The number of phenols is 2. The van der Waals surface area contributed by atoms with Crippen LogP contribution >= 0.6 is 0 Å². The van der Waals surface area contributed by atoms with Gasteiger partial charge in [-0.1, -0.05) is 30.3 Å². The Bertz CT molecular complexity index is 642. The number of ketones is 1. The Kier molecular flexibility index (Phi) is 6.67. The fraction of sp³-hybridized carbons (Fsp3) is 0.350. The highest BCUT2D eigenvalue weighted by Gasteiger charge is 2.11. The van der Waals surface area contributed by atoms with E-state index in [1.54, 1.807) is 0 Å². The molecule has 0 radical (unpaired) electrons. The van der Waals surface area contributed by atoms with E-state index in [1.807, 2.05) is 18.2 Å². The minimum absolute atomic E-state index is 0.0611. The molecule has 0 unspecified atom stereocenters. The molecule has 0 aromatic heterocycles. The number of carbonyl (C=O) groups excluding carboxylic acids is 1. The number of carbonyl (C=O) groups is 1. The first-order chi connectivity index (χ1) is 11.6. The predicted molar refractivity (Wildman–Crippen MR) is 93.6 cm³/mol. The first-order valence-corrected chi connectivity index (χ1v) is 8.24. The van der Waals surface area contributed by atoms with Gasteiger partial charge in [-0.05, 0) is 48.9 Å². The number of ether oxygens (including phenoxy) is 1. The van der Waals surface area contributed by atoms with Gasteiger partial charge in [0.15, 0.2) is 11.5 Å². The normalized spacial score (nSPS) is 10.5. The van der Waals surface area contributed by atoms with Crippen LogP contribution in [0.5, 0.6) is 17.2 Å². The van der Waals surface area contributed by atoms with Gasteiger partial charge in [-0.25, -0.2) is 0 Å². The number of aryl methyl sites for hydroxylation is 2. The van der Waals surface area contributed by atoms with Crippen LogP contribution in [0, 0.1) is 0 Å². The van der Waals surface area contributed by atoms with E-state index in [9.17, 15) is 15.0 Å². The third kappa shape index (κ3) is 5.30. The number of Topliss-reactive ketones (excluding diaryl/α,β-unsaturated/α-hetero) is 1. The molecule has 0 saturated heterocycles. The van der Waals surface area contributed by atoms with Crippen molar-refractivity contribution in [2.45, 2.75) is 38.5 Å². The number of phenolic OH excluding ortho intramolecular Hbond substituents is 2. The Balaban J connectivity index is 1.71. The molecule has 0 fully saturated rings. The lowest BCUT2D eigenvalue weighted by Gasteiger charge is -2.08. The van der Waals surface area contributed by atoms with E-state index in [0.29, 0.717) is 19.3 Å². The quantitative estimate of drug-likeness (QED) is 0.682. The van der Waals surface area contributed by atoms with Gasteiger partial charge >= 0.3 is 0 Å². The number of aromatic hydroxyl groups is 2. The van der Waals surface area contributed by atoms with E-state index in [2.05, 4.69) is 12.1 Å². The number of methoxy groups -OCH3 is 1. The second-order valence-corrected chi connectivity index (χ2v) is 5.90. The van der Waals surface area contributed by atoms with Crippen molar-refractivity contribution in [1.82, 2.24) is 0 Å². The Morgan fingerprint density at radius 2 is 1.58 bits per heavy atom. The van der Waals surface area contributed by atoms with Gasteiger partial charge in [0.1, 0.15) is 5.78 Å². The van der Waals surface area contributed by atoms with Crippen molar-refractivity contribution < 1.29 is 19.7 Å². The molecule has 2 N–H and O–H groups in total. The molecule has 0 atom stereocenters. The zero-order valence-corrected chi connectivity index (χ0v) is 14.0. The highest BCUT2D eigenvalue weighted by Crippen LogP contribution is 2.36. The largest absolute Gasteiger partial charge is 0.504 e. The zero-order chi connectivity index (χ0) is 17.4. The molecule has 0 spiro atoms. The van der Waals surface area contributed by atoms with E-state index in [-0.39, 0.29) is 23.0 Å².